The Labute approximate surface area is 107 Å². The molecule has 0 amide bonds. The van der Waals surface area contributed by atoms with Gasteiger partial charge in [-0.25, -0.2) is 4.98 Å². The Morgan fingerprint density at radius 3 is 2.56 bits per heavy atom. The molecule has 1 aliphatic carbocycles. The second kappa shape index (κ2) is 5.29. The van der Waals surface area contributed by atoms with Crippen LogP contribution in [0, 0.1) is 5.92 Å². The number of hydrogen-bond acceptors (Lipinski definition) is 5. The molecule has 7 heteroatoms. The van der Waals surface area contributed by atoms with E-state index < -0.39 is 0 Å². The Balaban J connectivity index is 1.92. The number of carbonyl (C=O) groups excluding carboxylic acids is 1. The Bertz CT molecular complexity index is 377. The summed E-state index contributed by atoms with van der Waals surface area (Å²) in [5.41, 5.74) is 0. The van der Waals surface area contributed by atoms with Crippen LogP contribution in [0.2, 0.25) is 5.28 Å². The molecule has 0 N–H and O–H groups in total. The third-order valence-corrected chi connectivity index (χ3v) is 4.20. The molecule has 1 aromatic heterocycles. The monoisotopic (exact) mass is 280 g/mol. The summed E-state index contributed by atoms with van der Waals surface area (Å²) in [6.07, 6.45) is 3.38. The van der Waals surface area contributed by atoms with Crippen molar-refractivity contribution >= 4 is 41.0 Å². The first-order valence-electron chi connectivity index (χ1n) is 5.02. The lowest BCUT2D eigenvalue weighted by Gasteiger charge is -2.24. The van der Waals surface area contributed by atoms with E-state index in [0.29, 0.717) is 11.2 Å². The van der Waals surface area contributed by atoms with E-state index in [4.69, 9.17) is 23.5 Å². The Kier molecular flexibility index (Phi) is 4.00. The van der Waals surface area contributed by atoms with Crippen LogP contribution < -0.4 is 0 Å². The first-order chi connectivity index (χ1) is 7.70. The number of hydrogen-bond donors (Lipinski definition) is 0. The molecule has 0 saturated heterocycles. The zero-order valence-corrected chi connectivity index (χ0v) is 10.7. The fourth-order valence-corrected chi connectivity index (χ4v) is 3.11. The summed E-state index contributed by atoms with van der Waals surface area (Å²) in [5.74, 6) is -0.0306. The van der Waals surface area contributed by atoms with Crippen LogP contribution in [0.1, 0.15) is 36.6 Å². The fraction of sp³-hybridized carbons (Fsp3) is 0.667. The molecule has 0 radical (unpaired) electrons. The van der Waals surface area contributed by atoms with Crippen molar-refractivity contribution in [2.75, 3.05) is 0 Å². The number of carbonyl (C=O) groups is 1. The number of aromatic nitrogens is 2. The molecule has 0 atom stereocenters. The van der Waals surface area contributed by atoms with Gasteiger partial charge in [-0.1, -0.05) is 0 Å². The van der Waals surface area contributed by atoms with Crippen LogP contribution in [0.5, 0.6) is 0 Å². The van der Waals surface area contributed by atoms with E-state index >= 15 is 0 Å². The van der Waals surface area contributed by atoms with E-state index in [2.05, 4.69) is 13.6 Å². The minimum atomic E-state index is -0.324. The summed E-state index contributed by atoms with van der Waals surface area (Å²) in [7, 11) is 0. The molecule has 1 heterocycles. The van der Waals surface area contributed by atoms with Gasteiger partial charge in [0, 0.05) is 5.92 Å². The molecule has 4 nitrogen and oxygen atoms in total. The average Bonchev–Trinajstić information content (AvgIpc) is 2.75. The SMILES string of the molecule is O=C(OCl)C1CCC(c2nc(Cl)ns2)CC1. The zero-order chi connectivity index (χ0) is 11.5. The Morgan fingerprint density at radius 1 is 1.38 bits per heavy atom. The largest absolute Gasteiger partial charge is 0.347 e. The highest BCUT2D eigenvalue weighted by Gasteiger charge is 2.29. The van der Waals surface area contributed by atoms with Gasteiger partial charge in [0.25, 0.3) is 0 Å². The molecule has 0 aliphatic heterocycles. The molecular formula is C9H10Cl2N2O2S. The van der Waals surface area contributed by atoms with Crippen molar-refractivity contribution in [1.29, 1.82) is 0 Å². The third-order valence-electron chi connectivity index (χ3n) is 2.90. The summed E-state index contributed by atoms with van der Waals surface area (Å²) in [6, 6.07) is 0. The summed E-state index contributed by atoms with van der Waals surface area (Å²) >= 11 is 12.1. The Hall–Kier alpha value is -0.390. The number of halogens is 2. The van der Waals surface area contributed by atoms with Crippen molar-refractivity contribution in [3.63, 3.8) is 0 Å². The lowest BCUT2D eigenvalue weighted by Crippen LogP contribution is -2.21. The highest BCUT2D eigenvalue weighted by Crippen LogP contribution is 2.37. The number of rotatable bonds is 2. The van der Waals surface area contributed by atoms with Gasteiger partial charge in [-0.05, 0) is 48.8 Å². The molecule has 0 unspecified atom stereocenters. The van der Waals surface area contributed by atoms with Crippen molar-refractivity contribution in [2.45, 2.75) is 31.6 Å². The summed E-state index contributed by atoms with van der Waals surface area (Å²) in [4.78, 5) is 15.4. The molecule has 0 aromatic carbocycles. The van der Waals surface area contributed by atoms with Crippen LogP contribution in [0.4, 0.5) is 0 Å². The van der Waals surface area contributed by atoms with E-state index in [9.17, 15) is 4.79 Å². The fourth-order valence-electron chi connectivity index (χ4n) is 2.02. The van der Waals surface area contributed by atoms with Crippen molar-refractivity contribution in [1.82, 2.24) is 9.36 Å². The van der Waals surface area contributed by atoms with Gasteiger partial charge >= 0.3 is 5.97 Å². The lowest BCUT2D eigenvalue weighted by atomic mass is 9.82. The van der Waals surface area contributed by atoms with Gasteiger partial charge in [-0.3, -0.25) is 4.79 Å². The maximum absolute atomic E-state index is 11.2. The van der Waals surface area contributed by atoms with Crippen LogP contribution in [0.25, 0.3) is 0 Å². The van der Waals surface area contributed by atoms with Gasteiger partial charge in [0.1, 0.15) is 16.9 Å². The summed E-state index contributed by atoms with van der Waals surface area (Å²) in [6.45, 7) is 0. The van der Waals surface area contributed by atoms with Gasteiger partial charge in [0.15, 0.2) is 0 Å². The smallest absolute Gasteiger partial charge is 0.327 e. The number of nitrogens with zero attached hydrogens (tertiary/aromatic N) is 2. The highest BCUT2D eigenvalue weighted by molar-refractivity contribution is 7.05. The minimum absolute atomic E-state index is 0.0721. The van der Waals surface area contributed by atoms with Gasteiger partial charge < -0.3 is 4.29 Å². The predicted molar refractivity (Wildman–Crippen MR) is 61.6 cm³/mol. The van der Waals surface area contributed by atoms with Crippen molar-refractivity contribution in [3.05, 3.63) is 10.3 Å². The quantitative estimate of drug-likeness (QED) is 0.835. The molecule has 1 aromatic rings. The van der Waals surface area contributed by atoms with Gasteiger partial charge in [-0.15, -0.1) is 0 Å². The van der Waals surface area contributed by atoms with Gasteiger partial charge in [0.2, 0.25) is 5.28 Å². The van der Waals surface area contributed by atoms with E-state index in [-0.39, 0.29) is 11.9 Å². The van der Waals surface area contributed by atoms with Gasteiger partial charge in [0.05, 0.1) is 5.92 Å². The first kappa shape index (κ1) is 12.1. The molecule has 1 fully saturated rings. The summed E-state index contributed by atoms with van der Waals surface area (Å²) < 4.78 is 8.17. The molecular weight excluding hydrogens is 271 g/mol. The molecule has 0 spiro atoms. The average molecular weight is 281 g/mol. The van der Waals surface area contributed by atoms with Crippen LogP contribution in [0.3, 0.4) is 0 Å². The van der Waals surface area contributed by atoms with Crippen molar-refractivity contribution in [3.8, 4) is 0 Å². The van der Waals surface area contributed by atoms with Crippen LogP contribution in [-0.2, 0) is 9.08 Å². The van der Waals surface area contributed by atoms with E-state index in [1.807, 2.05) is 0 Å². The molecule has 88 valence electrons. The van der Waals surface area contributed by atoms with E-state index in [1.54, 1.807) is 0 Å². The normalized spacial score (nSPS) is 25.4. The van der Waals surface area contributed by atoms with Crippen molar-refractivity contribution < 1.29 is 9.08 Å². The topological polar surface area (TPSA) is 52.1 Å². The second-order valence-corrected chi connectivity index (χ2v) is 5.12. The Morgan fingerprint density at radius 2 is 2.06 bits per heavy atom. The lowest BCUT2D eigenvalue weighted by molar-refractivity contribution is -0.139. The van der Waals surface area contributed by atoms with Crippen LogP contribution in [-0.4, -0.2) is 15.3 Å². The maximum Gasteiger partial charge on any atom is 0.327 e. The van der Waals surface area contributed by atoms with Crippen molar-refractivity contribution in [2.24, 2.45) is 5.92 Å². The summed E-state index contributed by atoms with van der Waals surface area (Å²) in [5, 5.41) is 1.27. The minimum Gasteiger partial charge on any atom is -0.347 e. The van der Waals surface area contributed by atoms with Crippen LogP contribution >= 0.6 is 35.0 Å². The van der Waals surface area contributed by atoms with E-state index in [0.717, 1.165) is 30.7 Å². The third kappa shape index (κ3) is 2.64. The zero-order valence-electron chi connectivity index (χ0n) is 8.36. The molecule has 2 rings (SSSR count). The van der Waals surface area contributed by atoms with E-state index in [1.165, 1.54) is 11.5 Å². The molecule has 16 heavy (non-hydrogen) atoms. The molecule has 1 aliphatic rings. The second-order valence-electron chi connectivity index (χ2n) is 3.85. The highest BCUT2D eigenvalue weighted by atomic mass is 35.5. The molecule has 0 bridgehead atoms. The standard InChI is InChI=1S/C9H10Cl2N2O2S/c10-9-12-7(16-13-9)5-1-3-6(4-2-5)8(14)15-11/h5-6H,1-4H2. The van der Waals surface area contributed by atoms with Gasteiger partial charge in [-0.2, -0.15) is 4.37 Å². The maximum atomic E-state index is 11.2. The van der Waals surface area contributed by atoms with Crippen LogP contribution in [0.15, 0.2) is 0 Å². The first-order valence-corrected chi connectivity index (χ1v) is 6.48. The predicted octanol–water partition coefficient (Wildman–Crippen LogP) is 3.16. The molecule has 1 saturated carbocycles.